The van der Waals surface area contributed by atoms with Gasteiger partial charge in [-0.3, -0.25) is 9.89 Å². The minimum atomic E-state index is -4.15. The van der Waals surface area contributed by atoms with Crippen LogP contribution in [0.4, 0.5) is 13.2 Å². The molecule has 0 amide bonds. The van der Waals surface area contributed by atoms with E-state index in [9.17, 15) is 13.2 Å². The average molecular weight is 362 g/mol. The third kappa shape index (κ3) is 5.98. The SMILES string of the molecule is CCNC(=NCC(C)N1CCc2sccc2C1)NCCC(F)(F)F. The van der Waals surface area contributed by atoms with Gasteiger partial charge in [-0.1, -0.05) is 0 Å². The largest absolute Gasteiger partial charge is 0.390 e. The first-order valence-electron chi connectivity index (χ1n) is 8.27. The topological polar surface area (TPSA) is 39.7 Å². The van der Waals surface area contributed by atoms with Crippen molar-refractivity contribution in [1.82, 2.24) is 15.5 Å². The molecule has 0 saturated carbocycles. The normalized spacial score (nSPS) is 17.5. The molecule has 24 heavy (non-hydrogen) atoms. The Balaban J connectivity index is 1.84. The highest BCUT2D eigenvalue weighted by atomic mass is 32.1. The third-order valence-electron chi connectivity index (χ3n) is 4.02. The number of nitrogens with zero attached hydrogens (tertiary/aromatic N) is 2. The molecule has 0 saturated heterocycles. The van der Waals surface area contributed by atoms with Gasteiger partial charge in [0.15, 0.2) is 5.96 Å². The highest BCUT2D eigenvalue weighted by Crippen LogP contribution is 2.25. The van der Waals surface area contributed by atoms with Gasteiger partial charge in [-0.25, -0.2) is 0 Å². The lowest BCUT2D eigenvalue weighted by atomic mass is 10.1. The lowest BCUT2D eigenvalue weighted by Gasteiger charge is -2.31. The minimum Gasteiger partial charge on any atom is -0.357 e. The Labute approximate surface area is 145 Å². The van der Waals surface area contributed by atoms with E-state index in [1.807, 2.05) is 18.3 Å². The molecular formula is C16H25F3N4S. The Morgan fingerprint density at radius 2 is 2.21 bits per heavy atom. The summed E-state index contributed by atoms with van der Waals surface area (Å²) in [5, 5.41) is 7.87. The van der Waals surface area contributed by atoms with Crippen molar-refractivity contribution >= 4 is 17.3 Å². The van der Waals surface area contributed by atoms with E-state index in [0.29, 0.717) is 19.0 Å². The van der Waals surface area contributed by atoms with Gasteiger partial charge in [0, 0.05) is 37.1 Å². The minimum absolute atomic E-state index is 0.161. The molecule has 1 aromatic heterocycles. The van der Waals surface area contributed by atoms with Crippen molar-refractivity contribution in [3.63, 3.8) is 0 Å². The fourth-order valence-corrected chi connectivity index (χ4v) is 3.54. The van der Waals surface area contributed by atoms with Crippen molar-refractivity contribution in [3.8, 4) is 0 Å². The molecular weight excluding hydrogens is 337 g/mol. The zero-order valence-corrected chi connectivity index (χ0v) is 14.9. The standard InChI is InChI=1S/C16H25F3N4S/c1-3-20-15(21-7-6-16(17,18)19)22-10-12(2)23-8-4-14-13(11-23)5-9-24-14/h5,9,12H,3-4,6-8,10-11H2,1-2H3,(H2,20,21,22). The van der Waals surface area contributed by atoms with Gasteiger partial charge >= 0.3 is 6.18 Å². The number of hydrogen-bond donors (Lipinski definition) is 2. The molecule has 136 valence electrons. The molecule has 4 nitrogen and oxygen atoms in total. The molecule has 0 bridgehead atoms. The van der Waals surface area contributed by atoms with Crippen LogP contribution in [0.1, 0.15) is 30.7 Å². The van der Waals surface area contributed by atoms with Crippen LogP contribution in [0.2, 0.25) is 0 Å². The van der Waals surface area contributed by atoms with Crippen LogP contribution in [-0.4, -0.2) is 49.3 Å². The van der Waals surface area contributed by atoms with Crippen molar-refractivity contribution in [2.45, 2.75) is 45.5 Å². The first kappa shape index (κ1) is 19.1. The molecule has 1 unspecified atom stereocenters. The first-order valence-corrected chi connectivity index (χ1v) is 9.15. The summed E-state index contributed by atoms with van der Waals surface area (Å²) in [6.07, 6.45) is -3.95. The van der Waals surface area contributed by atoms with E-state index in [-0.39, 0.29) is 12.6 Å². The zero-order chi connectivity index (χ0) is 17.6. The number of hydrogen-bond acceptors (Lipinski definition) is 3. The van der Waals surface area contributed by atoms with E-state index in [1.165, 1.54) is 10.4 Å². The molecule has 2 rings (SSSR count). The summed E-state index contributed by atoms with van der Waals surface area (Å²) >= 11 is 1.81. The Morgan fingerprint density at radius 3 is 2.92 bits per heavy atom. The van der Waals surface area contributed by atoms with E-state index < -0.39 is 12.6 Å². The van der Waals surface area contributed by atoms with E-state index in [2.05, 4.69) is 38.9 Å². The number of fused-ring (bicyclic) bond motifs is 1. The number of guanidine groups is 1. The monoisotopic (exact) mass is 362 g/mol. The first-order chi connectivity index (χ1) is 11.4. The van der Waals surface area contributed by atoms with Gasteiger partial charge in [-0.2, -0.15) is 13.2 Å². The second-order valence-electron chi connectivity index (χ2n) is 5.95. The number of aliphatic imine (C=N–C) groups is 1. The van der Waals surface area contributed by atoms with E-state index in [4.69, 9.17) is 0 Å². The van der Waals surface area contributed by atoms with Gasteiger partial charge < -0.3 is 10.6 Å². The summed E-state index contributed by atoms with van der Waals surface area (Å²) in [6.45, 7) is 6.95. The smallest absolute Gasteiger partial charge is 0.357 e. The van der Waals surface area contributed by atoms with Crippen LogP contribution in [0.3, 0.4) is 0 Å². The van der Waals surface area contributed by atoms with Crippen molar-refractivity contribution < 1.29 is 13.2 Å². The lowest BCUT2D eigenvalue weighted by Crippen LogP contribution is -2.42. The van der Waals surface area contributed by atoms with Gasteiger partial charge in [0.05, 0.1) is 13.0 Å². The number of nitrogens with one attached hydrogen (secondary N) is 2. The Morgan fingerprint density at radius 1 is 1.42 bits per heavy atom. The summed E-state index contributed by atoms with van der Waals surface area (Å²) in [4.78, 5) is 8.27. The van der Waals surface area contributed by atoms with Crippen molar-refractivity contribution in [2.75, 3.05) is 26.2 Å². The molecule has 1 aromatic rings. The number of halogens is 3. The summed E-state index contributed by atoms with van der Waals surface area (Å²) < 4.78 is 36.7. The molecule has 2 heterocycles. The third-order valence-corrected chi connectivity index (χ3v) is 5.04. The maximum Gasteiger partial charge on any atom is 0.390 e. The summed E-state index contributed by atoms with van der Waals surface area (Å²) in [5.41, 5.74) is 1.39. The molecule has 0 radical (unpaired) electrons. The Bertz CT molecular complexity index is 542. The van der Waals surface area contributed by atoms with E-state index in [1.54, 1.807) is 0 Å². The van der Waals surface area contributed by atoms with Crippen molar-refractivity contribution in [2.24, 2.45) is 4.99 Å². The highest BCUT2D eigenvalue weighted by molar-refractivity contribution is 7.10. The summed E-state index contributed by atoms with van der Waals surface area (Å²) in [6, 6.07) is 2.42. The number of alkyl halides is 3. The van der Waals surface area contributed by atoms with Crippen LogP contribution in [-0.2, 0) is 13.0 Å². The molecule has 8 heteroatoms. The van der Waals surface area contributed by atoms with Gasteiger partial charge in [0.25, 0.3) is 0 Å². The van der Waals surface area contributed by atoms with Crippen LogP contribution < -0.4 is 10.6 Å². The van der Waals surface area contributed by atoms with Crippen LogP contribution in [0.25, 0.3) is 0 Å². The molecule has 1 aliphatic heterocycles. The quantitative estimate of drug-likeness (QED) is 0.604. The molecule has 0 fully saturated rings. The summed E-state index contributed by atoms with van der Waals surface area (Å²) in [5.74, 6) is 0.446. The average Bonchev–Trinajstić information content (AvgIpc) is 2.98. The van der Waals surface area contributed by atoms with Gasteiger partial charge in [0.1, 0.15) is 0 Å². The van der Waals surface area contributed by atoms with Gasteiger partial charge in [-0.05, 0) is 37.3 Å². The van der Waals surface area contributed by atoms with Crippen LogP contribution in [0, 0.1) is 0 Å². The fourth-order valence-electron chi connectivity index (χ4n) is 2.65. The van der Waals surface area contributed by atoms with Crippen LogP contribution in [0.5, 0.6) is 0 Å². The molecule has 2 N–H and O–H groups in total. The molecule has 0 aromatic carbocycles. The van der Waals surface area contributed by atoms with E-state index >= 15 is 0 Å². The number of rotatable bonds is 6. The molecule has 1 aliphatic rings. The highest BCUT2D eigenvalue weighted by Gasteiger charge is 2.26. The molecule has 1 atom stereocenters. The van der Waals surface area contributed by atoms with Gasteiger partial charge in [0.2, 0.25) is 0 Å². The van der Waals surface area contributed by atoms with Crippen molar-refractivity contribution in [3.05, 3.63) is 21.9 Å². The van der Waals surface area contributed by atoms with Gasteiger partial charge in [-0.15, -0.1) is 11.3 Å². The zero-order valence-electron chi connectivity index (χ0n) is 14.1. The van der Waals surface area contributed by atoms with Crippen molar-refractivity contribution in [1.29, 1.82) is 0 Å². The van der Waals surface area contributed by atoms with Crippen LogP contribution >= 0.6 is 11.3 Å². The maximum atomic E-state index is 12.2. The van der Waals surface area contributed by atoms with E-state index in [0.717, 1.165) is 19.5 Å². The second kappa shape index (κ2) is 8.71. The lowest BCUT2D eigenvalue weighted by molar-refractivity contribution is -0.132. The van der Waals surface area contributed by atoms with Crippen LogP contribution in [0.15, 0.2) is 16.4 Å². The Kier molecular flexibility index (Phi) is 6.91. The Hall–Kier alpha value is -1.28. The predicted molar refractivity (Wildman–Crippen MR) is 92.5 cm³/mol. The molecule has 0 aliphatic carbocycles. The number of thiophene rings is 1. The predicted octanol–water partition coefficient (Wildman–Crippen LogP) is 3.00. The molecule has 0 spiro atoms. The maximum absolute atomic E-state index is 12.2. The second-order valence-corrected chi connectivity index (χ2v) is 6.95. The summed E-state index contributed by atoms with van der Waals surface area (Å²) in [7, 11) is 0. The fraction of sp³-hybridized carbons (Fsp3) is 0.688.